The van der Waals surface area contributed by atoms with E-state index in [-0.39, 0.29) is 11.9 Å². The maximum absolute atomic E-state index is 6.21. The Labute approximate surface area is 102 Å². The van der Waals surface area contributed by atoms with Crippen molar-refractivity contribution < 1.29 is 13.9 Å². The van der Waals surface area contributed by atoms with Crippen molar-refractivity contribution in [3.8, 4) is 0 Å². The zero-order chi connectivity index (χ0) is 11.7. The Balaban J connectivity index is 1.74. The third kappa shape index (κ3) is 2.26. The number of furan rings is 1. The molecule has 3 rings (SSSR count). The van der Waals surface area contributed by atoms with Gasteiger partial charge in [-0.3, -0.25) is 0 Å². The van der Waals surface area contributed by atoms with Gasteiger partial charge in [0.15, 0.2) is 5.79 Å². The highest BCUT2D eigenvalue weighted by molar-refractivity contribution is 5.04. The lowest BCUT2D eigenvalue weighted by Crippen LogP contribution is -2.45. The molecule has 0 amide bonds. The van der Waals surface area contributed by atoms with Gasteiger partial charge in [-0.15, -0.1) is 0 Å². The highest BCUT2D eigenvalue weighted by atomic mass is 16.7. The van der Waals surface area contributed by atoms with Crippen molar-refractivity contribution in [2.45, 2.75) is 63.4 Å². The summed E-state index contributed by atoms with van der Waals surface area (Å²) < 4.78 is 17.7. The molecule has 0 bridgehead atoms. The maximum atomic E-state index is 6.21. The van der Waals surface area contributed by atoms with Crippen LogP contribution in [0.4, 0.5) is 0 Å². The van der Waals surface area contributed by atoms with Crippen LogP contribution < -0.4 is 0 Å². The van der Waals surface area contributed by atoms with Crippen LogP contribution in [0.5, 0.6) is 0 Å². The van der Waals surface area contributed by atoms with Crippen molar-refractivity contribution in [3.63, 3.8) is 0 Å². The summed E-state index contributed by atoms with van der Waals surface area (Å²) in [6.07, 6.45) is 8.68. The van der Waals surface area contributed by atoms with Gasteiger partial charge in [0.2, 0.25) is 0 Å². The first kappa shape index (κ1) is 11.3. The summed E-state index contributed by atoms with van der Waals surface area (Å²) >= 11 is 0. The molecule has 1 spiro atoms. The average molecular weight is 236 g/mol. The summed E-state index contributed by atoms with van der Waals surface area (Å²) in [5.74, 6) is 0.596. The Hall–Kier alpha value is -0.800. The second kappa shape index (κ2) is 4.46. The Morgan fingerprint density at radius 1 is 1.18 bits per heavy atom. The molecular weight excluding hydrogens is 216 g/mol. The van der Waals surface area contributed by atoms with Crippen LogP contribution in [0.2, 0.25) is 0 Å². The van der Waals surface area contributed by atoms with Crippen molar-refractivity contribution in [1.29, 1.82) is 0 Å². The van der Waals surface area contributed by atoms with Crippen molar-refractivity contribution in [2.75, 3.05) is 0 Å². The molecule has 2 aliphatic rings. The fourth-order valence-electron chi connectivity index (χ4n) is 3.02. The molecule has 2 fully saturated rings. The van der Waals surface area contributed by atoms with Gasteiger partial charge in [-0.2, -0.15) is 0 Å². The molecule has 3 nitrogen and oxygen atoms in total. The normalized spacial score (nSPS) is 38.4. The molecule has 3 atom stereocenters. The van der Waals surface area contributed by atoms with Crippen LogP contribution in [0.1, 0.15) is 57.3 Å². The van der Waals surface area contributed by atoms with Crippen molar-refractivity contribution in [2.24, 2.45) is 0 Å². The molecule has 0 saturated carbocycles. The van der Waals surface area contributed by atoms with Gasteiger partial charge in [0.1, 0.15) is 11.9 Å². The van der Waals surface area contributed by atoms with Crippen LogP contribution in [-0.4, -0.2) is 11.9 Å². The van der Waals surface area contributed by atoms with Crippen LogP contribution in [-0.2, 0) is 9.47 Å². The first-order chi connectivity index (χ1) is 8.27. The average Bonchev–Trinajstić information content (AvgIpc) is 2.82. The van der Waals surface area contributed by atoms with Gasteiger partial charge in [-0.1, -0.05) is 0 Å². The molecule has 1 aromatic heterocycles. The van der Waals surface area contributed by atoms with Gasteiger partial charge in [0.25, 0.3) is 0 Å². The minimum absolute atomic E-state index is 0.0732. The van der Waals surface area contributed by atoms with Gasteiger partial charge in [0, 0.05) is 12.8 Å². The molecule has 17 heavy (non-hydrogen) atoms. The molecule has 0 radical (unpaired) electrons. The Bertz CT molecular complexity index is 356. The number of ether oxygens (including phenoxy) is 2. The molecule has 0 unspecified atom stereocenters. The smallest absolute Gasteiger partial charge is 0.169 e. The Morgan fingerprint density at radius 3 is 2.71 bits per heavy atom. The lowest BCUT2D eigenvalue weighted by atomic mass is 9.92. The van der Waals surface area contributed by atoms with E-state index in [1.54, 1.807) is 6.26 Å². The Kier molecular flexibility index (Phi) is 2.97. The first-order valence-corrected chi connectivity index (χ1v) is 6.66. The van der Waals surface area contributed by atoms with Gasteiger partial charge in [-0.25, -0.2) is 0 Å². The van der Waals surface area contributed by atoms with Crippen LogP contribution in [0, 0.1) is 0 Å². The van der Waals surface area contributed by atoms with Gasteiger partial charge < -0.3 is 13.9 Å². The summed E-state index contributed by atoms with van der Waals surface area (Å²) in [5.41, 5.74) is 0. The summed E-state index contributed by atoms with van der Waals surface area (Å²) in [4.78, 5) is 0. The van der Waals surface area contributed by atoms with Crippen molar-refractivity contribution in [1.82, 2.24) is 0 Å². The van der Waals surface area contributed by atoms with E-state index in [4.69, 9.17) is 13.9 Å². The van der Waals surface area contributed by atoms with E-state index >= 15 is 0 Å². The second-order valence-corrected chi connectivity index (χ2v) is 5.25. The topological polar surface area (TPSA) is 31.6 Å². The Morgan fingerprint density at radius 2 is 2.00 bits per heavy atom. The third-order valence-corrected chi connectivity index (χ3v) is 3.83. The number of hydrogen-bond acceptors (Lipinski definition) is 3. The quantitative estimate of drug-likeness (QED) is 0.743. The molecular formula is C14H20O3. The predicted molar refractivity (Wildman–Crippen MR) is 63.5 cm³/mol. The summed E-state index contributed by atoms with van der Waals surface area (Å²) in [6, 6.07) is 3.92. The summed E-state index contributed by atoms with van der Waals surface area (Å²) in [6.45, 7) is 2.14. The lowest BCUT2D eigenvalue weighted by molar-refractivity contribution is -0.316. The minimum atomic E-state index is -0.340. The van der Waals surface area contributed by atoms with Crippen LogP contribution >= 0.6 is 0 Å². The zero-order valence-electron chi connectivity index (χ0n) is 10.4. The predicted octanol–water partition coefficient (Wildman–Crippen LogP) is 3.81. The molecule has 94 valence electrons. The highest BCUT2D eigenvalue weighted by Gasteiger charge is 2.42. The molecule has 0 N–H and O–H groups in total. The van der Waals surface area contributed by atoms with E-state index in [2.05, 4.69) is 6.92 Å². The third-order valence-electron chi connectivity index (χ3n) is 3.83. The highest BCUT2D eigenvalue weighted by Crippen LogP contribution is 2.43. The van der Waals surface area contributed by atoms with E-state index < -0.39 is 0 Å². The van der Waals surface area contributed by atoms with Crippen LogP contribution in [0.3, 0.4) is 0 Å². The van der Waals surface area contributed by atoms with Crippen molar-refractivity contribution in [3.05, 3.63) is 24.2 Å². The van der Waals surface area contributed by atoms with Gasteiger partial charge in [0.05, 0.1) is 12.4 Å². The van der Waals surface area contributed by atoms with Gasteiger partial charge in [-0.05, 0) is 44.7 Å². The molecule has 2 aliphatic heterocycles. The van der Waals surface area contributed by atoms with Crippen molar-refractivity contribution >= 4 is 0 Å². The monoisotopic (exact) mass is 236 g/mol. The first-order valence-electron chi connectivity index (χ1n) is 6.66. The van der Waals surface area contributed by atoms with E-state index in [0.717, 1.165) is 37.9 Å². The summed E-state index contributed by atoms with van der Waals surface area (Å²) in [7, 11) is 0. The molecule has 2 saturated heterocycles. The fourth-order valence-corrected chi connectivity index (χ4v) is 3.02. The zero-order valence-corrected chi connectivity index (χ0v) is 10.4. The van der Waals surface area contributed by atoms with E-state index in [0.29, 0.717) is 6.10 Å². The van der Waals surface area contributed by atoms with Crippen LogP contribution in [0.25, 0.3) is 0 Å². The molecule has 1 aromatic rings. The van der Waals surface area contributed by atoms with Gasteiger partial charge >= 0.3 is 0 Å². The maximum Gasteiger partial charge on any atom is 0.169 e. The van der Waals surface area contributed by atoms with Crippen LogP contribution in [0.15, 0.2) is 22.8 Å². The molecule has 3 heteroatoms. The lowest BCUT2D eigenvalue weighted by Gasteiger charge is -2.44. The van der Waals surface area contributed by atoms with E-state index in [1.165, 1.54) is 6.42 Å². The SMILES string of the molecule is C[C@H]1CCC[C@@]2(CCC[C@H](c3ccco3)O2)O1. The summed E-state index contributed by atoms with van der Waals surface area (Å²) in [5, 5.41) is 0. The molecule has 0 aliphatic carbocycles. The second-order valence-electron chi connectivity index (χ2n) is 5.25. The largest absolute Gasteiger partial charge is 0.467 e. The van der Waals surface area contributed by atoms with E-state index in [1.807, 2.05) is 12.1 Å². The standard InChI is InChI=1S/C14H20O3/c1-11-5-2-8-14(16-11)9-3-6-13(17-14)12-7-4-10-15-12/h4,7,10-11,13H,2-3,5-6,8-9H2,1H3/t11-,13+,14+/m0/s1. The molecule has 3 heterocycles. The number of hydrogen-bond donors (Lipinski definition) is 0. The minimum Gasteiger partial charge on any atom is -0.467 e. The molecule has 0 aromatic carbocycles. The fraction of sp³-hybridized carbons (Fsp3) is 0.714. The van der Waals surface area contributed by atoms with E-state index in [9.17, 15) is 0 Å². The number of rotatable bonds is 1.